The van der Waals surface area contributed by atoms with Crippen molar-refractivity contribution in [3.8, 4) is 0 Å². The van der Waals surface area contributed by atoms with Gasteiger partial charge in [-0.1, -0.05) is 12.1 Å². The fraction of sp³-hybridized carbons (Fsp3) is 0.429. The molecule has 0 N–H and O–H groups in total. The van der Waals surface area contributed by atoms with E-state index in [0.29, 0.717) is 30.9 Å². The molecule has 1 saturated heterocycles. The zero-order valence-electron chi connectivity index (χ0n) is 11.2. The second kappa shape index (κ2) is 5.91. The largest absolute Gasteiger partial charge is 0.378 e. The van der Waals surface area contributed by atoms with Crippen molar-refractivity contribution >= 4 is 24.2 Å². The van der Waals surface area contributed by atoms with E-state index >= 15 is 0 Å². The fourth-order valence-corrected chi connectivity index (χ4v) is 2.55. The van der Waals surface area contributed by atoms with Crippen LogP contribution in [0.5, 0.6) is 0 Å². The summed E-state index contributed by atoms with van der Waals surface area (Å²) in [6, 6.07) is 7.05. The van der Waals surface area contributed by atoms with E-state index in [1.54, 1.807) is 24.3 Å². The van der Waals surface area contributed by atoms with Crippen molar-refractivity contribution in [2.24, 2.45) is 0 Å². The molecule has 1 atom stereocenters. The van der Waals surface area contributed by atoms with Crippen molar-refractivity contribution in [3.05, 3.63) is 35.4 Å². The number of nitrogens with zero attached hydrogens (tertiary/aromatic N) is 2. The number of carbonyl (C=O) groups excluding carboxylic acids is 2. The summed E-state index contributed by atoms with van der Waals surface area (Å²) in [5, 5.41) is 0. The van der Waals surface area contributed by atoms with Crippen LogP contribution >= 0.6 is 12.4 Å². The van der Waals surface area contributed by atoms with Crippen LogP contribution in [0.3, 0.4) is 0 Å². The zero-order chi connectivity index (χ0) is 13.4. The molecule has 2 heterocycles. The predicted molar refractivity (Wildman–Crippen MR) is 76.3 cm³/mol. The average Bonchev–Trinajstić information content (AvgIpc) is 2.67. The van der Waals surface area contributed by atoms with Crippen LogP contribution in [0.25, 0.3) is 0 Å². The van der Waals surface area contributed by atoms with Crippen molar-refractivity contribution in [1.29, 1.82) is 0 Å². The normalized spacial score (nSPS) is 22.6. The summed E-state index contributed by atoms with van der Waals surface area (Å²) in [6.45, 7) is 2.48. The van der Waals surface area contributed by atoms with Gasteiger partial charge in [0.05, 0.1) is 30.4 Å². The third kappa shape index (κ3) is 2.44. The first kappa shape index (κ1) is 15.0. The van der Waals surface area contributed by atoms with Gasteiger partial charge in [-0.2, -0.15) is 0 Å². The summed E-state index contributed by atoms with van der Waals surface area (Å²) >= 11 is 0. The summed E-state index contributed by atoms with van der Waals surface area (Å²) in [6.07, 6.45) is 0. The number of imide groups is 1. The number of carbonyl (C=O) groups is 2. The minimum absolute atomic E-state index is 0. The molecule has 1 aromatic rings. The average molecular weight is 297 g/mol. The second-order valence-electron chi connectivity index (χ2n) is 4.98. The van der Waals surface area contributed by atoms with Gasteiger partial charge in [0.25, 0.3) is 11.8 Å². The van der Waals surface area contributed by atoms with Gasteiger partial charge < -0.3 is 4.74 Å². The second-order valence-corrected chi connectivity index (χ2v) is 4.98. The van der Waals surface area contributed by atoms with Gasteiger partial charge in [-0.25, -0.2) is 0 Å². The van der Waals surface area contributed by atoms with Gasteiger partial charge in [-0.05, 0) is 19.2 Å². The van der Waals surface area contributed by atoms with Gasteiger partial charge in [0.15, 0.2) is 0 Å². The number of morpholine rings is 1. The van der Waals surface area contributed by atoms with Gasteiger partial charge in [0.1, 0.15) is 0 Å². The minimum Gasteiger partial charge on any atom is -0.378 e. The zero-order valence-corrected chi connectivity index (χ0v) is 12.1. The lowest BCUT2D eigenvalue weighted by atomic mass is 10.1. The van der Waals surface area contributed by atoms with Crippen LogP contribution in [0.15, 0.2) is 24.3 Å². The van der Waals surface area contributed by atoms with E-state index < -0.39 is 0 Å². The Bertz CT molecular complexity index is 500. The van der Waals surface area contributed by atoms with Crippen LogP contribution in [0.2, 0.25) is 0 Å². The van der Waals surface area contributed by atoms with Crippen molar-refractivity contribution in [2.75, 3.05) is 33.4 Å². The molecule has 0 saturated carbocycles. The van der Waals surface area contributed by atoms with Gasteiger partial charge >= 0.3 is 0 Å². The Balaban J connectivity index is 0.00000147. The van der Waals surface area contributed by atoms with E-state index in [0.717, 1.165) is 6.54 Å². The molecule has 0 bridgehead atoms. The maximum absolute atomic E-state index is 12.2. The molecular weight excluding hydrogens is 280 g/mol. The van der Waals surface area contributed by atoms with Crippen LogP contribution in [0, 0.1) is 0 Å². The Morgan fingerprint density at radius 3 is 2.35 bits per heavy atom. The Kier molecular flexibility index (Phi) is 4.42. The summed E-state index contributed by atoms with van der Waals surface area (Å²) in [5.74, 6) is -0.390. The molecule has 0 aliphatic carbocycles. The number of benzene rings is 1. The van der Waals surface area contributed by atoms with E-state index in [-0.39, 0.29) is 30.3 Å². The van der Waals surface area contributed by atoms with E-state index in [1.807, 2.05) is 7.05 Å². The molecule has 3 rings (SSSR count). The first-order valence-electron chi connectivity index (χ1n) is 6.41. The SMILES string of the molecule is CN1CCOC[C@H]1CN1C(=O)c2ccccc2C1=O.Cl. The van der Waals surface area contributed by atoms with Crippen LogP contribution in [-0.4, -0.2) is 61.0 Å². The van der Waals surface area contributed by atoms with Crippen molar-refractivity contribution in [1.82, 2.24) is 9.80 Å². The number of ether oxygens (including phenoxy) is 1. The molecule has 2 aliphatic heterocycles. The Labute approximate surface area is 123 Å². The molecule has 1 aromatic carbocycles. The van der Waals surface area contributed by atoms with Crippen LogP contribution in [0.1, 0.15) is 20.7 Å². The highest BCUT2D eigenvalue weighted by molar-refractivity contribution is 6.21. The lowest BCUT2D eigenvalue weighted by molar-refractivity contribution is -0.00384. The molecule has 2 aliphatic rings. The molecule has 1 fully saturated rings. The van der Waals surface area contributed by atoms with Gasteiger partial charge in [0.2, 0.25) is 0 Å². The number of amides is 2. The lowest BCUT2D eigenvalue weighted by Crippen LogP contribution is -2.50. The smallest absolute Gasteiger partial charge is 0.261 e. The summed E-state index contributed by atoms with van der Waals surface area (Å²) < 4.78 is 5.42. The molecule has 20 heavy (non-hydrogen) atoms. The first-order valence-corrected chi connectivity index (χ1v) is 6.41. The number of rotatable bonds is 2. The minimum atomic E-state index is -0.195. The van der Waals surface area contributed by atoms with Gasteiger partial charge in [-0.15, -0.1) is 12.4 Å². The number of halogens is 1. The van der Waals surface area contributed by atoms with E-state index in [2.05, 4.69) is 4.90 Å². The van der Waals surface area contributed by atoms with Crippen LogP contribution < -0.4 is 0 Å². The number of hydrogen-bond donors (Lipinski definition) is 0. The highest BCUT2D eigenvalue weighted by Gasteiger charge is 2.37. The maximum Gasteiger partial charge on any atom is 0.261 e. The van der Waals surface area contributed by atoms with E-state index in [1.165, 1.54) is 4.90 Å². The van der Waals surface area contributed by atoms with E-state index in [4.69, 9.17) is 4.74 Å². The summed E-state index contributed by atoms with van der Waals surface area (Å²) in [4.78, 5) is 27.9. The highest BCUT2D eigenvalue weighted by Crippen LogP contribution is 2.23. The summed E-state index contributed by atoms with van der Waals surface area (Å²) in [7, 11) is 1.99. The molecule has 108 valence electrons. The quantitative estimate of drug-likeness (QED) is 0.765. The monoisotopic (exact) mass is 296 g/mol. The van der Waals surface area contributed by atoms with E-state index in [9.17, 15) is 9.59 Å². The number of likely N-dealkylation sites (N-methyl/N-ethyl adjacent to an activating group) is 1. The molecule has 0 spiro atoms. The third-order valence-electron chi connectivity index (χ3n) is 3.79. The molecule has 0 radical (unpaired) electrons. The Hall–Kier alpha value is -1.43. The molecular formula is C14H17ClN2O3. The number of hydrogen-bond acceptors (Lipinski definition) is 4. The first-order chi connectivity index (χ1) is 9.18. The molecule has 0 aromatic heterocycles. The topological polar surface area (TPSA) is 49.9 Å². The number of fused-ring (bicyclic) bond motifs is 1. The standard InChI is InChI=1S/C14H16N2O3.ClH/c1-15-6-7-19-9-10(15)8-16-13(17)11-4-2-3-5-12(11)14(16)18;/h2-5,10H,6-9H2,1H3;1H/t10-;/m1./s1. The lowest BCUT2D eigenvalue weighted by Gasteiger charge is -2.34. The molecule has 2 amide bonds. The third-order valence-corrected chi connectivity index (χ3v) is 3.79. The van der Waals surface area contributed by atoms with Gasteiger partial charge in [-0.3, -0.25) is 19.4 Å². The van der Waals surface area contributed by atoms with Crippen molar-refractivity contribution in [2.45, 2.75) is 6.04 Å². The molecule has 6 heteroatoms. The maximum atomic E-state index is 12.2. The summed E-state index contributed by atoms with van der Waals surface area (Å²) in [5.41, 5.74) is 1.01. The van der Waals surface area contributed by atoms with Crippen LogP contribution in [-0.2, 0) is 4.74 Å². The van der Waals surface area contributed by atoms with Crippen LogP contribution in [0.4, 0.5) is 0 Å². The predicted octanol–water partition coefficient (Wildman–Crippen LogP) is 1.03. The van der Waals surface area contributed by atoms with Crippen molar-refractivity contribution in [3.63, 3.8) is 0 Å². The fourth-order valence-electron chi connectivity index (χ4n) is 2.55. The Morgan fingerprint density at radius 1 is 1.20 bits per heavy atom. The molecule has 5 nitrogen and oxygen atoms in total. The van der Waals surface area contributed by atoms with Gasteiger partial charge in [0, 0.05) is 13.1 Å². The Morgan fingerprint density at radius 2 is 1.80 bits per heavy atom. The molecule has 0 unspecified atom stereocenters. The van der Waals surface area contributed by atoms with Crippen molar-refractivity contribution < 1.29 is 14.3 Å². The highest BCUT2D eigenvalue weighted by atomic mass is 35.5.